The fourth-order valence-corrected chi connectivity index (χ4v) is 3.31. The smallest absolute Gasteiger partial charge is 0.270 e. The molecule has 2 N–H and O–H groups in total. The number of rotatable bonds is 5. The summed E-state index contributed by atoms with van der Waals surface area (Å²) in [6.45, 7) is 7.88. The minimum atomic E-state index is -0.392. The van der Waals surface area contributed by atoms with E-state index in [0.29, 0.717) is 28.7 Å². The van der Waals surface area contributed by atoms with Crippen molar-refractivity contribution in [2.75, 3.05) is 0 Å². The summed E-state index contributed by atoms with van der Waals surface area (Å²) in [4.78, 5) is 32.0. The molecule has 0 radical (unpaired) electrons. The van der Waals surface area contributed by atoms with Crippen molar-refractivity contribution in [2.45, 2.75) is 45.6 Å². The fourth-order valence-electron chi connectivity index (χ4n) is 3.18. The lowest BCUT2D eigenvalue weighted by atomic mass is 9.92. The van der Waals surface area contributed by atoms with Crippen LogP contribution in [0.25, 0.3) is 0 Å². The van der Waals surface area contributed by atoms with Crippen LogP contribution in [0.15, 0.2) is 41.2 Å². The summed E-state index contributed by atoms with van der Waals surface area (Å²) in [5.41, 5.74) is 2.38. The number of benzene rings is 1. The Morgan fingerprint density at radius 3 is 2.47 bits per heavy atom. The zero-order valence-corrected chi connectivity index (χ0v) is 18.5. The zero-order valence-electron chi connectivity index (χ0n) is 17.8. The van der Waals surface area contributed by atoms with Crippen LogP contribution in [0, 0.1) is 6.92 Å². The molecule has 1 aromatic carbocycles. The standard InChI is InChI=1S/C22H26ClN5O2/c1-13-24-16(11-20(29)25-13)10-17(14-6-8-15(23)9-7-14)26-21(30)18-12-19(22(2,3)4)27-28(18)5/h6-9,11-12,17H,10H2,1-5H3,(H,26,30)(H,24,25,29). The molecule has 158 valence electrons. The van der Waals surface area contributed by atoms with Gasteiger partial charge in [-0.15, -0.1) is 0 Å². The van der Waals surface area contributed by atoms with Crippen LogP contribution >= 0.6 is 11.6 Å². The largest absolute Gasteiger partial charge is 0.344 e. The van der Waals surface area contributed by atoms with Crippen LogP contribution in [0.2, 0.25) is 5.02 Å². The minimum Gasteiger partial charge on any atom is -0.344 e. The van der Waals surface area contributed by atoms with E-state index in [0.717, 1.165) is 11.3 Å². The fraction of sp³-hybridized carbons (Fsp3) is 0.364. The minimum absolute atomic E-state index is 0.168. The quantitative estimate of drug-likeness (QED) is 0.652. The maximum absolute atomic E-state index is 13.1. The molecule has 0 aliphatic rings. The highest BCUT2D eigenvalue weighted by molar-refractivity contribution is 6.30. The van der Waals surface area contributed by atoms with Gasteiger partial charge in [0.15, 0.2) is 0 Å². The summed E-state index contributed by atoms with van der Waals surface area (Å²) >= 11 is 6.03. The van der Waals surface area contributed by atoms with Crippen molar-refractivity contribution in [3.63, 3.8) is 0 Å². The Morgan fingerprint density at radius 1 is 1.23 bits per heavy atom. The van der Waals surface area contributed by atoms with Gasteiger partial charge in [0.25, 0.3) is 11.5 Å². The second kappa shape index (κ2) is 8.44. The third-order valence-corrected chi connectivity index (χ3v) is 5.04. The van der Waals surface area contributed by atoms with Crippen molar-refractivity contribution >= 4 is 17.5 Å². The number of hydrogen-bond donors (Lipinski definition) is 2. The first-order chi connectivity index (χ1) is 14.0. The first kappa shape index (κ1) is 21.8. The molecule has 8 heteroatoms. The van der Waals surface area contributed by atoms with E-state index in [2.05, 4.69) is 41.2 Å². The third-order valence-electron chi connectivity index (χ3n) is 4.78. The lowest BCUT2D eigenvalue weighted by Gasteiger charge is -2.19. The first-order valence-corrected chi connectivity index (χ1v) is 10.1. The molecule has 2 aromatic heterocycles. The molecule has 7 nitrogen and oxygen atoms in total. The molecule has 30 heavy (non-hydrogen) atoms. The first-order valence-electron chi connectivity index (χ1n) is 9.70. The van der Waals surface area contributed by atoms with Gasteiger partial charge >= 0.3 is 0 Å². The monoisotopic (exact) mass is 427 g/mol. The van der Waals surface area contributed by atoms with Gasteiger partial charge in [-0.2, -0.15) is 5.10 Å². The number of nitrogens with one attached hydrogen (secondary N) is 2. The van der Waals surface area contributed by atoms with Crippen LogP contribution in [0.3, 0.4) is 0 Å². The van der Waals surface area contributed by atoms with Gasteiger partial charge in [-0.1, -0.05) is 44.5 Å². The van der Waals surface area contributed by atoms with Crippen molar-refractivity contribution < 1.29 is 4.79 Å². The van der Waals surface area contributed by atoms with Crippen LogP contribution in [0.5, 0.6) is 0 Å². The Kier molecular flexibility index (Phi) is 6.12. The van der Waals surface area contributed by atoms with E-state index in [9.17, 15) is 9.59 Å². The van der Waals surface area contributed by atoms with Crippen molar-refractivity contribution in [3.05, 3.63) is 80.2 Å². The SMILES string of the molecule is Cc1nc(CC(NC(=O)c2cc(C(C)(C)C)nn2C)c2ccc(Cl)cc2)cc(=O)[nH]1. The van der Waals surface area contributed by atoms with E-state index in [1.165, 1.54) is 6.07 Å². The highest BCUT2D eigenvalue weighted by atomic mass is 35.5. The number of aromatic nitrogens is 4. The van der Waals surface area contributed by atoms with E-state index in [4.69, 9.17) is 11.6 Å². The summed E-state index contributed by atoms with van der Waals surface area (Å²) in [5, 5.41) is 8.16. The van der Waals surface area contributed by atoms with Gasteiger partial charge in [0, 0.05) is 30.0 Å². The van der Waals surface area contributed by atoms with Gasteiger partial charge in [0.1, 0.15) is 11.5 Å². The van der Waals surface area contributed by atoms with Gasteiger partial charge < -0.3 is 10.3 Å². The van der Waals surface area contributed by atoms with E-state index in [-0.39, 0.29) is 16.9 Å². The maximum atomic E-state index is 13.1. The van der Waals surface area contributed by atoms with Gasteiger partial charge in [-0.3, -0.25) is 14.3 Å². The van der Waals surface area contributed by atoms with E-state index in [1.54, 1.807) is 30.8 Å². The summed E-state index contributed by atoms with van der Waals surface area (Å²) in [5.74, 6) is 0.280. The van der Waals surface area contributed by atoms with Crippen molar-refractivity contribution in [2.24, 2.45) is 7.05 Å². The second-order valence-corrected chi connectivity index (χ2v) is 8.83. The molecular weight excluding hydrogens is 402 g/mol. The van der Waals surface area contributed by atoms with Gasteiger partial charge in [-0.25, -0.2) is 4.98 Å². The average molecular weight is 428 g/mol. The molecule has 1 amide bonds. The molecule has 0 aliphatic carbocycles. The number of amides is 1. The summed E-state index contributed by atoms with van der Waals surface area (Å²) in [7, 11) is 1.75. The van der Waals surface area contributed by atoms with Crippen molar-refractivity contribution in [1.29, 1.82) is 0 Å². The molecule has 2 heterocycles. The maximum Gasteiger partial charge on any atom is 0.270 e. The van der Waals surface area contributed by atoms with Crippen LogP contribution in [0.1, 0.15) is 60.1 Å². The van der Waals surface area contributed by atoms with E-state index < -0.39 is 6.04 Å². The van der Waals surface area contributed by atoms with Crippen LogP contribution in [0.4, 0.5) is 0 Å². The van der Waals surface area contributed by atoms with Gasteiger partial charge in [0.2, 0.25) is 0 Å². The van der Waals surface area contributed by atoms with Gasteiger partial charge in [-0.05, 0) is 30.7 Å². The number of H-pyrrole nitrogens is 1. The molecule has 0 saturated heterocycles. The number of carbonyl (C=O) groups excluding carboxylic acids is 1. The Labute approximate surface area is 180 Å². The van der Waals surface area contributed by atoms with Crippen LogP contribution in [-0.4, -0.2) is 25.7 Å². The number of carbonyl (C=O) groups is 1. The number of hydrogen-bond acceptors (Lipinski definition) is 4. The molecule has 3 aromatic rings. The zero-order chi connectivity index (χ0) is 22.1. The Hall–Kier alpha value is -2.93. The van der Waals surface area contributed by atoms with Gasteiger partial charge in [0.05, 0.1) is 17.4 Å². The third kappa shape index (κ3) is 5.16. The number of aromatic amines is 1. The molecule has 0 bridgehead atoms. The molecule has 3 rings (SSSR count). The molecule has 0 spiro atoms. The molecule has 1 unspecified atom stereocenters. The summed E-state index contributed by atoms with van der Waals surface area (Å²) in [6, 6.07) is 10.1. The molecule has 0 fully saturated rings. The Balaban J connectivity index is 1.92. The Bertz CT molecular complexity index is 1110. The summed E-state index contributed by atoms with van der Waals surface area (Å²) < 4.78 is 1.59. The highest BCUT2D eigenvalue weighted by Crippen LogP contribution is 2.23. The number of nitrogens with zero attached hydrogens (tertiary/aromatic N) is 3. The lowest BCUT2D eigenvalue weighted by molar-refractivity contribution is 0.0927. The normalized spacial score (nSPS) is 12.6. The lowest BCUT2D eigenvalue weighted by Crippen LogP contribution is -2.32. The predicted molar refractivity (Wildman–Crippen MR) is 117 cm³/mol. The van der Waals surface area contributed by atoms with Crippen LogP contribution in [-0.2, 0) is 18.9 Å². The molecule has 1 atom stereocenters. The predicted octanol–water partition coefficient (Wildman–Crippen LogP) is 3.48. The molecular formula is C22H26ClN5O2. The molecule has 0 aliphatic heterocycles. The van der Waals surface area contributed by atoms with E-state index >= 15 is 0 Å². The van der Waals surface area contributed by atoms with Crippen molar-refractivity contribution in [3.8, 4) is 0 Å². The highest BCUT2D eigenvalue weighted by Gasteiger charge is 2.24. The second-order valence-electron chi connectivity index (χ2n) is 8.39. The average Bonchev–Trinajstić information content (AvgIpc) is 3.03. The molecule has 0 saturated carbocycles. The number of aryl methyl sites for hydroxylation is 2. The summed E-state index contributed by atoms with van der Waals surface area (Å²) in [6.07, 6.45) is 0.363. The van der Waals surface area contributed by atoms with Crippen molar-refractivity contribution in [1.82, 2.24) is 25.1 Å². The number of halogens is 1. The van der Waals surface area contributed by atoms with E-state index in [1.807, 2.05) is 18.2 Å². The Morgan fingerprint density at radius 2 is 1.90 bits per heavy atom. The topological polar surface area (TPSA) is 92.7 Å². The van der Waals surface area contributed by atoms with Crippen LogP contribution < -0.4 is 10.9 Å².